The summed E-state index contributed by atoms with van der Waals surface area (Å²) in [6, 6.07) is 6.82. The first kappa shape index (κ1) is 12.9. The van der Waals surface area contributed by atoms with Crippen molar-refractivity contribution in [2.45, 2.75) is 19.3 Å². The molecule has 0 aromatic heterocycles. The zero-order valence-electron chi connectivity index (χ0n) is 10.5. The normalized spacial score (nSPS) is 16.4. The Bertz CT molecular complexity index is 383. The Morgan fingerprint density at radius 1 is 1.28 bits per heavy atom. The van der Waals surface area contributed by atoms with Gasteiger partial charge in [0.1, 0.15) is 0 Å². The maximum absolute atomic E-state index is 11.7. The summed E-state index contributed by atoms with van der Waals surface area (Å²) in [6.45, 7) is 2.67. The van der Waals surface area contributed by atoms with Crippen LogP contribution in [0.1, 0.15) is 29.6 Å². The minimum absolute atomic E-state index is 0.260. The number of nitrogens with one attached hydrogen (secondary N) is 1. The van der Waals surface area contributed by atoms with Crippen LogP contribution in [-0.4, -0.2) is 25.7 Å². The first-order valence-corrected chi connectivity index (χ1v) is 6.49. The van der Waals surface area contributed by atoms with Crippen molar-refractivity contribution >= 4 is 11.7 Å². The van der Waals surface area contributed by atoms with E-state index in [2.05, 4.69) is 5.32 Å². The Balaban J connectivity index is 1.72. The summed E-state index contributed by atoms with van der Waals surface area (Å²) >= 11 is 0. The Morgan fingerprint density at radius 3 is 2.61 bits per heavy atom. The lowest BCUT2D eigenvalue weighted by Crippen LogP contribution is -2.28. The van der Waals surface area contributed by atoms with Crippen LogP contribution in [-0.2, 0) is 4.74 Å². The molecular weight excluding hydrogens is 228 g/mol. The highest BCUT2D eigenvalue weighted by Gasteiger charge is 2.14. The van der Waals surface area contributed by atoms with E-state index in [9.17, 15) is 4.79 Å². The minimum Gasteiger partial charge on any atom is -0.462 e. The van der Waals surface area contributed by atoms with E-state index in [0.717, 1.165) is 19.5 Å². The Labute approximate surface area is 108 Å². The molecule has 1 heterocycles. The molecule has 0 atom stereocenters. The predicted octanol–water partition coefficient (Wildman–Crippen LogP) is 1.82. The quantitative estimate of drug-likeness (QED) is 0.630. The molecule has 3 N–H and O–H groups in total. The number of carbonyl (C=O) groups excluding carboxylic acids is 1. The van der Waals surface area contributed by atoms with Crippen LogP contribution < -0.4 is 11.1 Å². The Kier molecular flexibility index (Phi) is 4.59. The number of rotatable bonds is 4. The second-order valence-corrected chi connectivity index (χ2v) is 4.74. The number of piperidine rings is 1. The lowest BCUT2D eigenvalue weighted by Gasteiger charge is -2.22. The van der Waals surface area contributed by atoms with Gasteiger partial charge in [0.15, 0.2) is 0 Å². The van der Waals surface area contributed by atoms with E-state index in [4.69, 9.17) is 10.5 Å². The standard InChI is InChI=1S/C14H20N2O2/c15-13-3-1-12(2-4-13)14(17)18-10-7-11-5-8-16-9-6-11/h1-4,11,16H,5-10,15H2. The lowest BCUT2D eigenvalue weighted by molar-refractivity contribution is 0.0476. The molecule has 0 bridgehead atoms. The van der Waals surface area contributed by atoms with Crippen molar-refractivity contribution in [1.29, 1.82) is 0 Å². The molecule has 1 aliphatic rings. The number of esters is 1. The van der Waals surface area contributed by atoms with Crippen LogP contribution in [0.3, 0.4) is 0 Å². The number of nitrogens with two attached hydrogens (primary N) is 1. The second-order valence-electron chi connectivity index (χ2n) is 4.74. The third-order valence-corrected chi connectivity index (χ3v) is 3.36. The molecule has 1 fully saturated rings. The molecule has 0 aliphatic carbocycles. The molecule has 2 rings (SSSR count). The van der Waals surface area contributed by atoms with Crippen molar-refractivity contribution in [1.82, 2.24) is 5.32 Å². The predicted molar refractivity (Wildman–Crippen MR) is 71.3 cm³/mol. The SMILES string of the molecule is Nc1ccc(C(=O)OCCC2CCNCC2)cc1. The first-order valence-electron chi connectivity index (χ1n) is 6.49. The average Bonchev–Trinajstić information content (AvgIpc) is 2.40. The molecule has 0 spiro atoms. The van der Waals surface area contributed by atoms with E-state index in [0.29, 0.717) is 23.8 Å². The summed E-state index contributed by atoms with van der Waals surface area (Å²) in [5, 5.41) is 3.33. The monoisotopic (exact) mass is 248 g/mol. The third-order valence-electron chi connectivity index (χ3n) is 3.36. The van der Waals surface area contributed by atoms with Crippen molar-refractivity contribution in [2.24, 2.45) is 5.92 Å². The molecule has 0 saturated carbocycles. The molecule has 98 valence electrons. The Hall–Kier alpha value is -1.55. The average molecular weight is 248 g/mol. The molecule has 1 aromatic rings. The van der Waals surface area contributed by atoms with Gasteiger partial charge in [0.25, 0.3) is 0 Å². The summed E-state index contributed by atoms with van der Waals surface area (Å²) in [5.74, 6) is 0.425. The maximum atomic E-state index is 11.7. The van der Waals surface area contributed by atoms with Crippen molar-refractivity contribution < 1.29 is 9.53 Å². The van der Waals surface area contributed by atoms with Crippen LogP contribution in [0.25, 0.3) is 0 Å². The first-order chi connectivity index (χ1) is 8.75. The molecule has 4 heteroatoms. The van der Waals surface area contributed by atoms with Gasteiger partial charge in [0.2, 0.25) is 0 Å². The molecule has 1 aromatic carbocycles. The van der Waals surface area contributed by atoms with Crippen molar-refractivity contribution in [3.63, 3.8) is 0 Å². The van der Waals surface area contributed by atoms with Gasteiger partial charge in [-0.1, -0.05) is 0 Å². The molecule has 0 radical (unpaired) electrons. The van der Waals surface area contributed by atoms with E-state index in [1.807, 2.05) is 0 Å². The van der Waals surface area contributed by atoms with Crippen molar-refractivity contribution in [3.05, 3.63) is 29.8 Å². The fraction of sp³-hybridized carbons (Fsp3) is 0.500. The van der Waals surface area contributed by atoms with E-state index in [1.165, 1.54) is 12.8 Å². The van der Waals surface area contributed by atoms with E-state index in [1.54, 1.807) is 24.3 Å². The topological polar surface area (TPSA) is 64.4 Å². The van der Waals surface area contributed by atoms with E-state index < -0.39 is 0 Å². The maximum Gasteiger partial charge on any atom is 0.338 e. The second kappa shape index (κ2) is 6.40. The molecule has 0 amide bonds. The van der Waals surface area contributed by atoms with Crippen molar-refractivity contribution in [2.75, 3.05) is 25.4 Å². The molecular formula is C14H20N2O2. The highest BCUT2D eigenvalue weighted by molar-refractivity contribution is 5.89. The Morgan fingerprint density at radius 2 is 1.94 bits per heavy atom. The third kappa shape index (κ3) is 3.74. The van der Waals surface area contributed by atoms with Crippen LogP contribution >= 0.6 is 0 Å². The summed E-state index contributed by atoms with van der Waals surface area (Å²) in [5.41, 5.74) is 6.78. The van der Waals surface area contributed by atoms with Crippen LogP contribution in [0, 0.1) is 5.92 Å². The summed E-state index contributed by atoms with van der Waals surface area (Å²) in [4.78, 5) is 11.7. The number of nitrogen functional groups attached to an aromatic ring is 1. The van der Waals surface area contributed by atoms with Gasteiger partial charge in [-0.2, -0.15) is 0 Å². The van der Waals surface area contributed by atoms with Gasteiger partial charge < -0.3 is 15.8 Å². The van der Waals surface area contributed by atoms with Gasteiger partial charge in [-0.3, -0.25) is 0 Å². The summed E-state index contributed by atoms with van der Waals surface area (Å²) < 4.78 is 5.27. The van der Waals surface area contributed by atoms with Gasteiger partial charge >= 0.3 is 5.97 Å². The summed E-state index contributed by atoms with van der Waals surface area (Å²) in [7, 11) is 0. The van der Waals surface area contributed by atoms with Gasteiger partial charge in [0.05, 0.1) is 12.2 Å². The molecule has 4 nitrogen and oxygen atoms in total. The smallest absolute Gasteiger partial charge is 0.338 e. The number of benzene rings is 1. The van der Waals surface area contributed by atoms with Gasteiger partial charge in [-0.05, 0) is 62.5 Å². The van der Waals surface area contributed by atoms with Crippen molar-refractivity contribution in [3.8, 4) is 0 Å². The molecule has 0 unspecified atom stereocenters. The van der Waals surface area contributed by atoms with Crippen LogP contribution in [0.5, 0.6) is 0 Å². The molecule has 1 saturated heterocycles. The molecule has 18 heavy (non-hydrogen) atoms. The largest absolute Gasteiger partial charge is 0.462 e. The highest BCUT2D eigenvalue weighted by Crippen LogP contribution is 2.16. The summed E-state index contributed by atoms with van der Waals surface area (Å²) in [6.07, 6.45) is 3.32. The van der Waals surface area contributed by atoms with Crippen LogP contribution in [0.15, 0.2) is 24.3 Å². The number of ether oxygens (including phenoxy) is 1. The van der Waals surface area contributed by atoms with Gasteiger partial charge in [-0.15, -0.1) is 0 Å². The minimum atomic E-state index is -0.260. The van der Waals surface area contributed by atoms with Crippen LogP contribution in [0.2, 0.25) is 0 Å². The number of hydrogen-bond donors (Lipinski definition) is 2. The number of anilines is 1. The number of hydrogen-bond acceptors (Lipinski definition) is 4. The van der Waals surface area contributed by atoms with Gasteiger partial charge in [-0.25, -0.2) is 4.79 Å². The zero-order valence-corrected chi connectivity index (χ0v) is 10.5. The number of carbonyl (C=O) groups is 1. The van der Waals surface area contributed by atoms with E-state index in [-0.39, 0.29) is 5.97 Å². The van der Waals surface area contributed by atoms with E-state index >= 15 is 0 Å². The highest BCUT2D eigenvalue weighted by atomic mass is 16.5. The van der Waals surface area contributed by atoms with Crippen LogP contribution in [0.4, 0.5) is 5.69 Å². The zero-order chi connectivity index (χ0) is 12.8. The van der Waals surface area contributed by atoms with Gasteiger partial charge in [0, 0.05) is 5.69 Å². The fourth-order valence-electron chi connectivity index (χ4n) is 2.19. The molecule has 1 aliphatic heterocycles. The lowest BCUT2D eigenvalue weighted by atomic mass is 9.95. The fourth-order valence-corrected chi connectivity index (χ4v) is 2.19.